The van der Waals surface area contributed by atoms with E-state index in [1.807, 2.05) is 6.07 Å². The van der Waals surface area contributed by atoms with E-state index in [4.69, 9.17) is 9.47 Å². The van der Waals surface area contributed by atoms with E-state index in [1.54, 1.807) is 0 Å². The lowest BCUT2D eigenvalue weighted by molar-refractivity contribution is 0.173. The minimum absolute atomic E-state index is 0.295. The van der Waals surface area contributed by atoms with Gasteiger partial charge < -0.3 is 14.8 Å². The fourth-order valence-electron chi connectivity index (χ4n) is 2.32. The van der Waals surface area contributed by atoms with Gasteiger partial charge in [0.15, 0.2) is 11.5 Å². The maximum atomic E-state index is 5.44. The molecule has 4 heteroatoms. The predicted octanol–water partition coefficient (Wildman–Crippen LogP) is 4.35. The molecule has 0 aromatic heterocycles. The van der Waals surface area contributed by atoms with Crippen LogP contribution in [0.1, 0.15) is 18.1 Å². The summed E-state index contributed by atoms with van der Waals surface area (Å²) in [6.07, 6.45) is 1.02. The number of nitrogens with one attached hydrogen (secondary N) is 1. The van der Waals surface area contributed by atoms with Crippen molar-refractivity contribution in [3.8, 4) is 11.5 Å². The van der Waals surface area contributed by atoms with Crippen molar-refractivity contribution in [1.29, 1.82) is 0 Å². The van der Waals surface area contributed by atoms with Crippen LogP contribution in [0.25, 0.3) is 0 Å². The van der Waals surface area contributed by atoms with E-state index in [9.17, 15) is 0 Å². The number of para-hydroxylation sites is 1. The number of fused-ring (bicyclic) bond motifs is 1. The summed E-state index contributed by atoms with van der Waals surface area (Å²) < 4.78 is 11.8. The van der Waals surface area contributed by atoms with Crippen LogP contribution in [0.2, 0.25) is 0 Å². The van der Waals surface area contributed by atoms with Crippen molar-refractivity contribution in [2.75, 3.05) is 12.1 Å². The van der Waals surface area contributed by atoms with Crippen molar-refractivity contribution in [2.24, 2.45) is 0 Å². The fourth-order valence-corrected chi connectivity index (χ4v) is 2.93. The van der Waals surface area contributed by atoms with Gasteiger partial charge in [-0.3, -0.25) is 0 Å². The Morgan fingerprint density at radius 2 is 2.05 bits per heavy atom. The molecule has 3 nitrogen and oxygen atoms in total. The van der Waals surface area contributed by atoms with Crippen LogP contribution in [0.4, 0.5) is 5.69 Å². The maximum Gasteiger partial charge on any atom is 0.231 e. The van der Waals surface area contributed by atoms with Gasteiger partial charge in [0.25, 0.3) is 0 Å². The van der Waals surface area contributed by atoms with E-state index in [0.717, 1.165) is 34.5 Å². The van der Waals surface area contributed by atoms with Crippen LogP contribution in [0, 0.1) is 0 Å². The zero-order valence-electron chi connectivity index (χ0n) is 11.3. The van der Waals surface area contributed by atoms with Crippen molar-refractivity contribution in [1.82, 2.24) is 0 Å². The maximum absolute atomic E-state index is 5.44. The van der Waals surface area contributed by atoms with E-state index in [2.05, 4.69) is 58.5 Å². The molecule has 0 saturated heterocycles. The molecule has 0 amide bonds. The largest absolute Gasteiger partial charge is 0.454 e. The summed E-state index contributed by atoms with van der Waals surface area (Å²) in [5.41, 5.74) is 3.67. The Morgan fingerprint density at radius 1 is 1.20 bits per heavy atom. The SMILES string of the molecule is CCc1ccccc1NCc1cc(Br)c2c(c1)OCO2. The van der Waals surface area contributed by atoms with Gasteiger partial charge in [0.05, 0.1) is 4.47 Å². The van der Waals surface area contributed by atoms with Crippen molar-refractivity contribution in [3.63, 3.8) is 0 Å². The standard InChI is InChI=1S/C16H16BrNO2/c1-2-12-5-3-4-6-14(12)18-9-11-7-13(17)16-15(8-11)19-10-20-16/h3-8,18H,2,9-10H2,1H3. The Labute approximate surface area is 127 Å². The normalized spacial score (nSPS) is 12.5. The van der Waals surface area contributed by atoms with Crippen LogP contribution < -0.4 is 14.8 Å². The molecule has 0 saturated carbocycles. The first-order chi connectivity index (χ1) is 9.78. The van der Waals surface area contributed by atoms with Crippen molar-refractivity contribution in [2.45, 2.75) is 19.9 Å². The molecule has 0 fully saturated rings. The minimum Gasteiger partial charge on any atom is -0.454 e. The predicted molar refractivity (Wildman–Crippen MR) is 83.4 cm³/mol. The Bertz CT molecular complexity index is 628. The van der Waals surface area contributed by atoms with Gasteiger partial charge in [-0.05, 0) is 51.7 Å². The molecule has 1 aliphatic rings. The van der Waals surface area contributed by atoms with Gasteiger partial charge in [-0.1, -0.05) is 25.1 Å². The molecule has 0 atom stereocenters. The van der Waals surface area contributed by atoms with Crippen LogP contribution in [0.5, 0.6) is 11.5 Å². The molecule has 1 aliphatic heterocycles. The highest BCUT2D eigenvalue weighted by Crippen LogP contribution is 2.40. The molecule has 104 valence electrons. The van der Waals surface area contributed by atoms with Crippen LogP contribution in [-0.2, 0) is 13.0 Å². The lowest BCUT2D eigenvalue weighted by Crippen LogP contribution is -2.02. The van der Waals surface area contributed by atoms with Gasteiger partial charge in [0.1, 0.15) is 0 Å². The molecule has 2 aromatic carbocycles. The second kappa shape index (κ2) is 5.75. The van der Waals surface area contributed by atoms with Gasteiger partial charge in [0, 0.05) is 12.2 Å². The third kappa shape index (κ3) is 2.61. The Hall–Kier alpha value is -1.68. The number of aryl methyl sites for hydroxylation is 1. The topological polar surface area (TPSA) is 30.5 Å². The van der Waals surface area contributed by atoms with E-state index < -0.39 is 0 Å². The molecule has 3 rings (SSSR count). The van der Waals surface area contributed by atoms with E-state index in [0.29, 0.717) is 6.79 Å². The summed E-state index contributed by atoms with van der Waals surface area (Å²) in [7, 11) is 0. The Balaban J connectivity index is 1.77. The molecule has 0 radical (unpaired) electrons. The van der Waals surface area contributed by atoms with Gasteiger partial charge in [-0.25, -0.2) is 0 Å². The van der Waals surface area contributed by atoms with Gasteiger partial charge in [-0.2, -0.15) is 0 Å². The van der Waals surface area contributed by atoms with E-state index >= 15 is 0 Å². The van der Waals surface area contributed by atoms with Gasteiger partial charge >= 0.3 is 0 Å². The average Bonchev–Trinajstić information content (AvgIpc) is 2.94. The average molecular weight is 334 g/mol. The molecule has 0 unspecified atom stereocenters. The molecule has 20 heavy (non-hydrogen) atoms. The molecule has 0 bridgehead atoms. The number of rotatable bonds is 4. The molecular weight excluding hydrogens is 318 g/mol. The first-order valence-electron chi connectivity index (χ1n) is 6.67. The Morgan fingerprint density at radius 3 is 2.90 bits per heavy atom. The highest BCUT2D eigenvalue weighted by molar-refractivity contribution is 9.10. The van der Waals surface area contributed by atoms with Crippen LogP contribution in [-0.4, -0.2) is 6.79 Å². The molecule has 0 aliphatic carbocycles. The number of ether oxygens (including phenoxy) is 2. The van der Waals surface area contributed by atoms with E-state index in [-0.39, 0.29) is 0 Å². The second-order valence-corrected chi connectivity index (χ2v) is 5.53. The van der Waals surface area contributed by atoms with E-state index in [1.165, 1.54) is 11.3 Å². The van der Waals surface area contributed by atoms with Crippen LogP contribution in [0.15, 0.2) is 40.9 Å². The highest BCUT2D eigenvalue weighted by Gasteiger charge is 2.17. The summed E-state index contributed by atoms with van der Waals surface area (Å²) in [6.45, 7) is 3.22. The number of hydrogen-bond donors (Lipinski definition) is 1. The third-order valence-electron chi connectivity index (χ3n) is 3.37. The van der Waals surface area contributed by atoms with Crippen molar-refractivity contribution < 1.29 is 9.47 Å². The van der Waals surface area contributed by atoms with Crippen LogP contribution >= 0.6 is 15.9 Å². The van der Waals surface area contributed by atoms with Crippen molar-refractivity contribution in [3.05, 3.63) is 52.0 Å². The highest BCUT2D eigenvalue weighted by atomic mass is 79.9. The van der Waals surface area contributed by atoms with Gasteiger partial charge in [-0.15, -0.1) is 0 Å². The number of halogens is 1. The first-order valence-corrected chi connectivity index (χ1v) is 7.47. The monoisotopic (exact) mass is 333 g/mol. The summed E-state index contributed by atoms with van der Waals surface area (Å²) in [4.78, 5) is 0. The minimum atomic E-state index is 0.295. The molecule has 1 heterocycles. The summed E-state index contributed by atoms with van der Waals surface area (Å²) in [6, 6.07) is 12.5. The number of anilines is 1. The summed E-state index contributed by atoms with van der Waals surface area (Å²) >= 11 is 3.52. The first kappa shape index (κ1) is 13.3. The second-order valence-electron chi connectivity index (χ2n) is 4.68. The summed E-state index contributed by atoms with van der Waals surface area (Å²) in [5.74, 6) is 1.60. The molecular formula is C16H16BrNO2. The fraction of sp³-hybridized carbons (Fsp3) is 0.250. The lowest BCUT2D eigenvalue weighted by atomic mass is 10.1. The summed E-state index contributed by atoms with van der Waals surface area (Å²) in [5, 5.41) is 3.48. The smallest absolute Gasteiger partial charge is 0.231 e. The third-order valence-corrected chi connectivity index (χ3v) is 3.96. The lowest BCUT2D eigenvalue weighted by Gasteiger charge is -2.11. The molecule has 1 N–H and O–H groups in total. The number of hydrogen-bond acceptors (Lipinski definition) is 3. The molecule has 0 spiro atoms. The van der Waals surface area contributed by atoms with Crippen molar-refractivity contribution >= 4 is 21.6 Å². The zero-order valence-corrected chi connectivity index (χ0v) is 12.9. The number of benzene rings is 2. The van der Waals surface area contributed by atoms with Gasteiger partial charge in [0.2, 0.25) is 6.79 Å². The van der Waals surface area contributed by atoms with Crippen LogP contribution in [0.3, 0.4) is 0 Å². The molecule has 2 aromatic rings. The quantitative estimate of drug-likeness (QED) is 0.902. The zero-order chi connectivity index (χ0) is 13.9. The Kier molecular flexibility index (Phi) is 3.83.